The van der Waals surface area contributed by atoms with Crippen LogP contribution in [-0.4, -0.2) is 50.0 Å². The summed E-state index contributed by atoms with van der Waals surface area (Å²) >= 11 is 0. The van der Waals surface area contributed by atoms with Crippen molar-refractivity contribution in [3.05, 3.63) is 72.8 Å². The summed E-state index contributed by atoms with van der Waals surface area (Å²) < 4.78 is 55.4. The van der Waals surface area contributed by atoms with Crippen molar-refractivity contribution in [1.82, 2.24) is 5.01 Å². The Bertz CT molecular complexity index is 1430. The highest BCUT2D eigenvalue weighted by atomic mass is 32.3. The summed E-state index contributed by atoms with van der Waals surface area (Å²) in [5, 5.41) is 17.1. The molecular formula is C22H24N6O5S2. The van der Waals surface area contributed by atoms with Gasteiger partial charge in [0.05, 0.1) is 16.3 Å². The molecule has 0 unspecified atom stereocenters. The highest BCUT2D eigenvalue weighted by Gasteiger charge is 2.29. The van der Waals surface area contributed by atoms with Gasteiger partial charge in [-0.05, 0) is 60.7 Å². The van der Waals surface area contributed by atoms with Crippen molar-refractivity contribution in [2.75, 3.05) is 33.1 Å². The Morgan fingerprint density at radius 1 is 0.657 bits per heavy atom. The van der Waals surface area contributed by atoms with E-state index in [-0.39, 0.29) is 10.6 Å². The quantitative estimate of drug-likeness (QED) is 0.294. The van der Waals surface area contributed by atoms with Crippen LogP contribution in [0.3, 0.4) is 0 Å². The lowest BCUT2D eigenvalue weighted by molar-refractivity contribution is 0.407. The number of azo groups is 1. The molecule has 3 rings (SSSR count). The molecule has 0 amide bonds. The van der Waals surface area contributed by atoms with E-state index < -0.39 is 25.1 Å². The van der Waals surface area contributed by atoms with Gasteiger partial charge in [0.15, 0.2) is 0 Å². The Hall–Kier alpha value is -3.68. The fourth-order valence-electron chi connectivity index (χ4n) is 2.70. The molecular weight excluding hydrogens is 492 g/mol. The number of rotatable bonds is 9. The molecule has 0 N–H and O–H groups in total. The van der Waals surface area contributed by atoms with E-state index in [1.165, 1.54) is 47.5 Å². The van der Waals surface area contributed by atoms with E-state index in [1.54, 1.807) is 32.3 Å². The predicted molar refractivity (Wildman–Crippen MR) is 131 cm³/mol. The molecule has 35 heavy (non-hydrogen) atoms. The average Bonchev–Trinajstić information content (AvgIpc) is 2.81. The minimum absolute atomic E-state index is 0.0641. The molecule has 11 nitrogen and oxygen atoms in total. The Morgan fingerprint density at radius 3 is 1.74 bits per heavy atom. The van der Waals surface area contributed by atoms with E-state index in [0.29, 0.717) is 11.4 Å². The normalized spacial score (nSPS) is 12.3. The van der Waals surface area contributed by atoms with Crippen molar-refractivity contribution in [2.45, 2.75) is 9.79 Å². The molecule has 0 aliphatic heterocycles. The standard InChI is InChI=1S/C22H24N6O5S2/c1-27(2)19-13-9-17(10-14-19)23-24-18-11-15-20(16-12-18)34(29,30)33-35(31,32)22-8-6-5-7-21(22)25-26-28(3)4/h5-16H,1-4H3. The van der Waals surface area contributed by atoms with Gasteiger partial charge in [-0.25, -0.2) is 0 Å². The molecule has 0 aliphatic carbocycles. The van der Waals surface area contributed by atoms with E-state index in [9.17, 15) is 16.8 Å². The van der Waals surface area contributed by atoms with Gasteiger partial charge in [0.2, 0.25) is 0 Å². The van der Waals surface area contributed by atoms with Crippen LogP contribution in [0, 0.1) is 0 Å². The zero-order valence-electron chi connectivity index (χ0n) is 19.5. The first-order valence-electron chi connectivity index (χ1n) is 10.2. The van der Waals surface area contributed by atoms with Gasteiger partial charge in [0.25, 0.3) is 0 Å². The molecule has 13 heteroatoms. The summed E-state index contributed by atoms with van der Waals surface area (Å²) in [5.41, 5.74) is 1.94. The third-order valence-corrected chi connectivity index (χ3v) is 7.58. The lowest BCUT2D eigenvalue weighted by Crippen LogP contribution is -2.14. The van der Waals surface area contributed by atoms with Crippen LogP contribution in [0.2, 0.25) is 0 Å². The SMILES string of the molecule is CN(C)N=Nc1ccccc1S(=O)(=O)OS(=O)(=O)c1ccc(N=Nc2ccc(N(C)C)cc2)cc1. The van der Waals surface area contributed by atoms with Gasteiger partial charge < -0.3 is 4.90 Å². The van der Waals surface area contributed by atoms with Gasteiger partial charge in [-0.3, -0.25) is 5.01 Å². The number of hydrogen-bond donors (Lipinski definition) is 0. The maximum Gasteiger partial charge on any atom is 0.313 e. The van der Waals surface area contributed by atoms with Crippen molar-refractivity contribution in [1.29, 1.82) is 0 Å². The van der Waals surface area contributed by atoms with Crippen molar-refractivity contribution in [3.8, 4) is 0 Å². The fraction of sp³-hybridized carbons (Fsp3) is 0.182. The summed E-state index contributed by atoms with van der Waals surface area (Å²) in [6.45, 7) is 0. The van der Waals surface area contributed by atoms with Gasteiger partial charge in [0.1, 0.15) is 10.6 Å². The second kappa shape index (κ2) is 10.7. The van der Waals surface area contributed by atoms with Crippen molar-refractivity contribution >= 4 is 43.0 Å². The summed E-state index contributed by atoms with van der Waals surface area (Å²) in [7, 11) is -2.32. The smallest absolute Gasteiger partial charge is 0.313 e. The maximum atomic E-state index is 12.7. The van der Waals surface area contributed by atoms with E-state index in [2.05, 4.69) is 24.2 Å². The van der Waals surface area contributed by atoms with Crippen molar-refractivity contribution in [3.63, 3.8) is 0 Å². The van der Waals surface area contributed by atoms with Crippen LogP contribution < -0.4 is 4.90 Å². The van der Waals surface area contributed by atoms with E-state index in [4.69, 9.17) is 0 Å². The van der Waals surface area contributed by atoms with Crippen LogP contribution in [-0.2, 0) is 23.9 Å². The number of hydrogen-bond acceptors (Lipinski definition) is 10. The Balaban J connectivity index is 1.78. The maximum absolute atomic E-state index is 12.7. The number of anilines is 1. The van der Waals surface area contributed by atoms with E-state index in [1.807, 2.05) is 31.1 Å². The molecule has 0 heterocycles. The largest absolute Gasteiger partial charge is 0.378 e. The van der Waals surface area contributed by atoms with Crippen LogP contribution in [0.15, 0.2) is 103 Å². The van der Waals surface area contributed by atoms with Crippen LogP contribution >= 0.6 is 0 Å². The fourth-order valence-corrected chi connectivity index (χ4v) is 5.33. The number of nitrogens with zero attached hydrogens (tertiary/aromatic N) is 6. The monoisotopic (exact) mass is 516 g/mol. The highest BCUT2D eigenvalue weighted by molar-refractivity contribution is 8.00. The number of benzene rings is 3. The second-order valence-corrected chi connectivity index (χ2v) is 10.9. The van der Waals surface area contributed by atoms with Gasteiger partial charge in [0, 0.05) is 33.9 Å². The minimum Gasteiger partial charge on any atom is -0.378 e. The molecule has 0 saturated heterocycles. The van der Waals surface area contributed by atoms with Crippen molar-refractivity contribution in [2.24, 2.45) is 20.6 Å². The summed E-state index contributed by atoms with van der Waals surface area (Å²) in [6.07, 6.45) is 0. The summed E-state index contributed by atoms with van der Waals surface area (Å²) in [4.78, 5) is 1.16. The third-order valence-electron chi connectivity index (χ3n) is 4.42. The lowest BCUT2D eigenvalue weighted by Gasteiger charge is -2.11. The minimum atomic E-state index is -4.72. The zero-order valence-corrected chi connectivity index (χ0v) is 21.1. The molecule has 0 bridgehead atoms. The summed E-state index contributed by atoms with van der Waals surface area (Å²) in [5.74, 6) is 0. The highest BCUT2D eigenvalue weighted by Crippen LogP contribution is 2.29. The topological polar surface area (TPSA) is 133 Å². The van der Waals surface area contributed by atoms with Crippen LogP contribution in [0.25, 0.3) is 0 Å². The van der Waals surface area contributed by atoms with Gasteiger partial charge in [-0.1, -0.05) is 17.4 Å². The molecule has 184 valence electrons. The summed E-state index contributed by atoms with van der Waals surface area (Å²) in [6, 6.07) is 18.1. The van der Waals surface area contributed by atoms with Gasteiger partial charge >= 0.3 is 20.2 Å². The molecule has 0 spiro atoms. The lowest BCUT2D eigenvalue weighted by atomic mass is 10.3. The molecule has 3 aromatic carbocycles. The second-order valence-electron chi connectivity index (χ2n) is 7.59. The van der Waals surface area contributed by atoms with Crippen LogP contribution in [0.4, 0.5) is 22.7 Å². The first-order valence-corrected chi connectivity index (χ1v) is 13.0. The zero-order chi connectivity index (χ0) is 25.6. The average molecular weight is 517 g/mol. The van der Waals surface area contributed by atoms with Crippen molar-refractivity contribution < 1.29 is 20.5 Å². The molecule has 0 radical (unpaired) electrons. The first kappa shape index (κ1) is 25.9. The Kier molecular flexibility index (Phi) is 7.94. The van der Waals surface area contributed by atoms with Crippen LogP contribution in [0.5, 0.6) is 0 Å². The molecule has 0 atom stereocenters. The molecule has 0 aliphatic rings. The molecule has 3 aromatic rings. The molecule has 0 saturated carbocycles. The first-order chi connectivity index (χ1) is 16.5. The third kappa shape index (κ3) is 6.91. The van der Waals surface area contributed by atoms with E-state index >= 15 is 0 Å². The van der Waals surface area contributed by atoms with Gasteiger partial charge in [-0.15, -0.1) is 8.74 Å². The van der Waals surface area contributed by atoms with Gasteiger partial charge in [-0.2, -0.15) is 27.1 Å². The van der Waals surface area contributed by atoms with Crippen LogP contribution in [0.1, 0.15) is 0 Å². The molecule has 0 aromatic heterocycles. The Labute approximate surface area is 204 Å². The molecule has 0 fully saturated rings. The van der Waals surface area contributed by atoms with E-state index in [0.717, 1.165) is 5.69 Å². The predicted octanol–water partition coefficient (Wildman–Crippen LogP) is 4.82. The Morgan fingerprint density at radius 2 is 1.20 bits per heavy atom.